The van der Waals surface area contributed by atoms with Gasteiger partial charge in [-0.3, -0.25) is 4.79 Å². The summed E-state index contributed by atoms with van der Waals surface area (Å²) in [6, 6.07) is 13.8. The van der Waals surface area contributed by atoms with Crippen molar-refractivity contribution in [2.45, 2.75) is 13.8 Å². The van der Waals surface area contributed by atoms with Crippen LogP contribution in [0.5, 0.6) is 5.75 Å². The molecule has 29 heavy (non-hydrogen) atoms. The summed E-state index contributed by atoms with van der Waals surface area (Å²) < 4.78 is 5.28. The highest BCUT2D eigenvalue weighted by Gasteiger charge is 2.24. The van der Waals surface area contributed by atoms with Crippen molar-refractivity contribution in [3.8, 4) is 16.3 Å². The van der Waals surface area contributed by atoms with Gasteiger partial charge >= 0.3 is 0 Å². The molecule has 0 unspecified atom stereocenters. The zero-order valence-corrected chi connectivity index (χ0v) is 17.9. The number of ether oxygens (including phenoxy) is 1. The molecule has 0 bridgehead atoms. The number of methoxy groups -OCH3 is 1. The fourth-order valence-corrected chi connectivity index (χ4v) is 4.53. The van der Waals surface area contributed by atoms with E-state index in [9.17, 15) is 4.79 Å². The molecule has 0 saturated carbocycles. The van der Waals surface area contributed by atoms with Gasteiger partial charge in [0.25, 0.3) is 5.91 Å². The monoisotopic (exact) mass is 421 g/mol. The van der Waals surface area contributed by atoms with E-state index in [0.29, 0.717) is 10.1 Å². The molecule has 1 saturated heterocycles. The molecule has 0 radical (unpaired) electrons. The Balaban J connectivity index is 1.57. The Morgan fingerprint density at radius 1 is 1.14 bits per heavy atom. The van der Waals surface area contributed by atoms with Crippen LogP contribution >= 0.6 is 23.1 Å². The summed E-state index contributed by atoms with van der Waals surface area (Å²) in [6.45, 7) is 4.03. The molecule has 1 aliphatic heterocycles. The van der Waals surface area contributed by atoms with Gasteiger partial charge in [0.15, 0.2) is 5.17 Å². The lowest BCUT2D eigenvalue weighted by Crippen LogP contribution is -2.19. The van der Waals surface area contributed by atoms with E-state index in [-0.39, 0.29) is 5.91 Å². The first-order valence-corrected chi connectivity index (χ1v) is 10.7. The Labute approximate surface area is 177 Å². The van der Waals surface area contributed by atoms with Crippen molar-refractivity contribution < 1.29 is 9.53 Å². The van der Waals surface area contributed by atoms with E-state index >= 15 is 0 Å². The van der Waals surface area contributed by atoms with Gasteiger partial charge in [0.1, 0.15) is 10.8 Å². The van der Waals surface area contributed by atoms with Gasteiger partial charge in [0.05, 0.1) is 23.4 Å². The van der Waals surface area contributed by atoms with Gasteiger partial charge in [-0.15, -0.1) is 11.3 Å². The second kappa shape index (κ2) is 8.23. The maximum Gasteiger partial charge on any atom is 0.264 e. The molecule has 1 fully saturated rings. The molecule has 1 aromatic heterocycles. The number of nitrogens with zero attached hydrogens (tertiary/aromatic N) is 2. The smallest absolute Gasteiger partial charge is 0.264 e. The summed E-state index contributed by atoms with van der Waals surface area (Å²) in [5.41, 5.74) is 4.78. The number of hydrogen-bond donors (Lipinski definition) is 1. The summed E-state index contributed by atoms with van der Waals surface area (Å²) in [6.07, 6.45) is 1.80. The van der Waals surface area contributed by atoms with Crippen LogP contribution in [0.15, 0.2) is 57.7 Å². The van der Waals surface area contributed by atoms with Crippen LogP contribution in [0.3, 0.4) is 0 Å². The van der Waals surface area contributed by atoms with E-state index in [1.54, 1.807) is 13.2 Å². The molecular weight excluding hydrogens is 402 g/mol. The van der Waals surface area contributed by atoms with E-state index < -0.39 is 0 Å². The Kier molecular flexibility index (Phi) is 5.51. The Hall–Kier alpha value is -2.90. The number of amidine groups is 1. The summed E-state index contributed by atoms with van der Waals surface area (Å²) in [5.74, 6) is 0.631. The highest BCUT2D eigenvalue weighted by molar-refractivity contribution is 8.18. The number of rotatable bonds is 4. The van der Waals surface area contributed by atoms with Gasteiger partial charge in [-0.25, -0.2) is 9.98 Å². The number of thioether (sulfide) groups is 1. The Bertz CT molecular complexity index is 1130. The first-order valence-electron chi connectivity index (χ1n) is 8.99. The fourth-order valence-electron chi connectivity index (χ4n) is 2.94. The predicted octanol–water partition coefficient (Wildman–Crippen LogP) is 5.33. The zero-order valence-electron chi connectivity index (χ0n) is 16.2. The maximum absolute atomic E-state index is 12.4. The maximum atomic E-state index is 12.4. The molecule has 0 atom stereocenters. The molecule has 0 spiro atoms. The standard InChI is InChI=1S/C22H19N3O2S2/c1-13-6-4-7-14(2)19(13)24-22-25-20(26)18(29-22)11-16-12-28-21(23-16)15-8-5-9-17(10-15)27-3/h4-12H,1-3H3,(H,24,25,26)/b18-11+. The van der Waals surface area contributed by atoms with Crippen molar-refractivity contribution in [2.75, 3.05) is 7.11 Å². The largest absolute Gasteiger partial charge is 0.497 e. The molecule has 146 valence electrons. The molecule has 2 aromatic carbocycles. The second-order valence-corrected chi connectivity index (χ2v) is 8.42. The van der Waals surface area contributed by atoms with E-state index in [2.05, 4.69) is 15.3 Å². The number of nitrogens with one attached hydrogen (secondary N) is 1. The zero-order chi connectivity index (χ0) is 20.4. The minimum absolute atomic E-state index is 0.157. The number of aryl methyl sites for hydroxylation is 2. The topological polar surface area (TPSA) is 63.6 Å². The van der Waals surface area contributed by atoms with Gasteiger partial charge in [-0.1, -0.05) is 30.3 Å². The lowest BCUT2D eigenvalue weighted by molar-refractivity contribution is -0.115. The van der Waals surface area contributed by atoms with Gasteiger partial charge in [-0.05, 0) is 54.9 Å². The molecule has 1 amide bonds. The van der Waals surface area contributed by atoms with Crippen LogP contribution < -0.4 is 10.1 Å². The molecule has 3 aromatic rings. The molecule has 7 heteroatoms. The number of benzene rings is 2. The van der Waals surface area contributed by atoms with Crippen molar-refractivity contribution in [3.05, 3.63) is 69.6 Å². The van der Waals surface area contributed by atoms with Crippen LogP contribution in [0.4, 0.5) is 5.69 Å². The summed E-state index contributed by atoms with van der Waals surface area (Å²) in [4.78, 5) is 22.3. The van der Waals surface area contributed by atoms with E-state index in [4.69, 9.17) is 4.74 Å². The number of aliphatic imine (C=N–C) groups is 1. The van der Waals surface area contributed by atoms with E-state index in [1.165, 1.54) is 23.1 Å². The lowest BCUT2D eigenvalue weighted by Gasteiger charge is -2.04. The van der Waals surface area contributed by atoms with E-state index in [0.717, 1.165) is 38.8 Å². The van der Waals surface area contributed by atoms with Crippen LogP contribution in [0, 0.1) is 13.8 Å². The molecule has 1 aliphatic rings. The predicted molar refractivity (Wildman–Crippen MR) is 121 cm³/mol. The fraction of sp³-hybridized carbons (Fsp3) is 0.136. The average molecular weight is 422 g/mol. The summed E-state index contributed by atoms with van der Waals surface area (Å²) in [5, 5.41) is 6.25. The minimum Gasteiger partial charge on any atom is -0.497 e. The normalized spacial score (nSPS) is 16.4. The summed E-state index contributed by atoms with van der Waals surface area (Å²) >= 11 is 2.86. The molecule has 5 nitrogen and oxygen atoms in total. The summed E-state index contributed by atoms with van der Waals surface area (Å²) in [7, 11) is 1.64. The number of thiazole rings is 1. The molecule has 4 rings (SSSR count). The number of aromatic nitrogens is 1. The van der Waals surface area contributed by atoms with Crippen LogP contribution in [0.1, 0.15) is 16.8 Å². The number of carbonyl (C=O) groups is 1. The van der Waals surface area contributed by atoms with Crippen molar-refractivity contribution in [2.24, 2.45) is 4.99 Å². The van der Waals surface area contributed by atoms with Gasteiger partial charge in [-0.2, -0.15) is 0 Å². The number of hydrogen-bond acceptors (Lipinski definition) is 6. The third-order valence-corrected chi connectivity index (χ3v) is 6.24. The van der Waals surface area contributed by atoms with Gasteiger partial charge in [0, 0.05) is 10.9 Å². The molecule has 2 heterocycles. The molecule has 0 aliphatic carbocycles. The van der Waals surface area contributed by atoms with Crippen LogP contribution in [-0.2, 0) is 4.79 Å². The third-order valence-electron chi connectivity index (χ3n) is 4.42. The highest BCUT2D eigenvalue weighted by atomic mass is 32.2. The van der Waals surface area contributed by atoms with Crippen LogP contribution in [-0.4, -0.2) is 23.2 Å². The Morgan fingerprint density at radius 3 is 2.66 bits per heavy atom. The van der Waals surface area contributed by atoms with Crippen molar-refractivity contribution in [1.82, 2.24) is 10.3 Å². The van der Waals surface area contributed by atoms with Crippen LogP contribution in [0.25, 0.3) is 16.6 Å². The number of carbonyl (C=O) groups excluding carboxylic acids is 1. The van der Waals surface area contributed by atoms with Gasteiger partial charge < -0.3 is 10.1 Å². The lowest BCUT2D eigenvalue weighted by atomic mass is 10.1. The number of para-hydroxylation sites is 1. The van der Waals surface area contributed by atoms with Gasteiger partial charge in [0.2, 0.25) is 0 Å². The van der Waals surface area contributed by atoms with E-state index in [1.807, 2.05) is 61.7 Å². The van der Waals surface area contributed by atoms with Crippen molar-refractivity contribution in [3.63, 3.8) is 0 Å². The minimum atomic E-state index is -0.157. The quantitative estimate of drug-likeness (QED) is 0.579. The highest BCUT2D eigenvalue weighted by Crippen LogP contribution is 2.32. The Morgan fingerprint density at radius 2 is 1.90 bits per heavy atom. The number of amides is 1. The third kappa shape index (κ3) is 4.26. The molecule has 1 N–H and O–H groups in total. The second-order valence-electron chi connectivity index (χ2n) is 6.53. The van der Waals surface area contributed by atoms with Crippen molar-refractivity contribution >= 4 is 45.9 Å². The average Bonchev–Trinajstić information content (AvgIpc) is 3.32. The van der Waals surface area contributed by atoms with Crippen LogP contribution in [0.2, 0.25) is 0 Å². The SMILES string of the molecule is COc1cccc(-c2nc(/C=C3/SC(=Nc4c(C)cccc4C)NC3=O)cs2)c1. The van der Waals surface area contributed by atoms with Crippen molar-refractivity contribution in [1.29, 1.82) is 0 Å². The first kappa shape index (κ1) is 19.4. The molecular formula is C22H19N3O2S2. The first-order chi connectivity index (χ1) is 14.0.